The van der Waals surface area contributed by atoms with Gasteiger partial charge in [-0.15, -0.1) is 11.3 Å². The number of aryl methyl sites for hydroxylation is 1. The average molecular weight is 270 g/mol. The Kier molecular flexibility index (Phi) is 3.67. The van der Waals surface area contributed by atoms with Gasteiger partial charge in [0.25, 0.3) is 0 Å². The third-order valence-corrected chi connectivity index (χ3v) is 4.29. The Balaban J connectivity index is 1.63. The van der Waals surface area contributed by atoms with Crippen LogP contribution in [0.4, 0.5) is 0 Å². The van der Waals surface area contributed by atoms with Crippen LogP contribution in [0.25, 0.3) is 10.9 Å². The molecule has 3 aromatic rings. The molecule has 0 amide bonds. The second kappa shape index (κ2) is 5.59. The molecule has 0 aliphatic rings. The number of fused-ring (bicyclic) bond motifs is 1. The third-order valence-electron chi connectivity index (χ3n) is 3.41. The van der Waals surface area contributed by atoms with Crippen LogP contribution in [0.2, 0.25) is 0 Å². The fraction of sp³-hybridized carbons (Fsp3) is 0.250. The van der Waals surface area contributed by atoms with Crippen LogP contribution in [0.15, 0.2) is 47.8 Å². The van der Waals surface area contributed by atoms with Gasteiger partial charge in [-0.2, -0.15) is 0 Å². The van der Waals surface area contributed by atoms with Gasteiger partial charge in [0, 0.05) is 35.7 Å². The highest BCUT2D eigenvalue weighted by Gasteiger charge is 2.04. The molecule has 1 aromatic carbocycles. The van der Waals surface area contributed by atoms with Crippen LogP contribution >= 0.6 is 11.3 Å². The summed E-state index contributed by atoms with van der Waals surface area (Å²) in [7, 11) is 0. The number of aromatic nitrogens is 1. The van der Waals surface area contributed by atoms with Crippen molar-refractivity contribution in [2.75, 3.05) is 6.54 Å². The zero-order valence-corrected chi connectivity index (χ0v) is 11.9. The highest BCUT2D eigenvalue weighted by Crippen LogP contribution is 2.18. The first-order valence-electron chi connectivity index (χ1n) is 6.62. The number of para-hydroxylation sites is 1. The molecule has 3 heteroatoms. The van der Waals surface area contributed by atoms with Gasteiger partial charge in [0.1, 0.15) is 0 Å². The van der Waals surface area contributed by atoms with E-state index in [1.165, 1.54) is 21.5 Å². The second-order valence-corrected chi connectivity index (χ2v) is 5.78. The summed E-state index contributed by atoms with van der Waals surface area (Å²) < 4.78 is 2.39. The van der Waals surface area contributed by atoms with Crippen molar-refractivity contribution in [3.8, 4) is 0 Å². The van der Waals surface area contributed by atoms with Crippen molar-refractivity contribution < 1.29 is 0 Å². The molecule has 19 heavy (non-hydrogen) atoms. The van der Waals surface area contributed by atoms with E-state index in [1.54, 1.807) is 0 Å². The first-order chi connectivity index (χ1) is 9.34. The number of hydrogen-bond donors (Lipinski definition) is 1. The maximum atomic E-state index is 3.51. The van der Waals surface area contributed by atoms with Gasteiger partial charge in [0.2, 0.25) is 0 Å². The Morgan fingerprint density at radius 3 is 2.89 bits per heavy atom. The van der Waals surface area contributed by atoms with Crippen molar-refractivity contribution in [2.24, 2.45) is 0 Å². The molecule has 0 saturated heterocycles. The minimum atomic E-state index is 0.968. The standard InChI is InChI=1S/C16H18N2S/c1-13-11-14-5-2-3-7-16(14)18(13)9-8-17-12-15-6-4-10-19-15/h2-7,10-11,17H,8-9,12H2,1H3. The van der Waals surface area contributed by atoms with E-state index >= 15 is 0 Å². The van der Waals surface area contributed by atoms with Gasteiger partial charge in [-0.05, 0) is 35.9 Å². The van der Waals surface area contributed by atoms with E-state index in [0.29, 0.717) is 0 Å². The number of thiophene rings is 1. The van der Waals surface area contributed by atoms with Crippen LogP contribution in [0.1, 0.15) is 10.6 Å². The number of nitrogens with one attached hydrogen (secondary N) is 1. The predicted octanol–water partition coefficient (Wildman–Crippen LogP) is 3.80. The van der Waals surface area contributed by atoms with Crippen molar-refractivity contribution in [3.63, 3.8) is 0 Å². The van der Waals surface area contributed by atoms with E-state index in [4.69, 9.17) is 0 Å². The van der Waals surface area contributed by atoms with Crippen molar-refractivity contribution >= 4 is 22.2 Å². The molecule has 2 heterocycles. The number of rotatable bonds is 5. The van der Waals surface area contributed by atoms with E-state index < -0.39 is 0 Å². The smallest absolute Gasteiger partial charge is 0.0482 e. The lowest BCUT2D eigenvalue weighted by atomic mass is 10.2. The van der Waals surface area contributed by atoms with Crippen molar-refractivity contribution in [1.29, 1.82) is 0 Å². The van der Waals surface area contributed by atoms with Gasteiger partial charge in [0.05, 0.1) is 0 Å². The predicted molar refractivity (Wildman–Crippen MR) is 82.7 cm³/mol. The lowest BCUT2D eigenvalue weighted by Gasteiger charge is -2.09. The summed E-state index contributed by atoms with van der Waals surface area (Å²) in [6.07, 6.45) is 0. The summed E-state index contributed by atoms with van der Waals surface area (Å²) in [6, 6.07) is 15.1. The van der Waals surface area contributed by atoms with Gasteiger partial charge in [-0.25, -0.2) is 0 Å². The monoisotopic (exact) mass is 270 g/mol. The Morgan fingerprint density at radius 1 is 1.16 bits per heavy atom. The summed E-state index contributed by atoms with van der Waals surface area (Å²) in [5, 5.41) is 6.96. The molecule has 0 fully saturated rings. The molecule has 0 aliphatic heterocycles. The number of hydrogen-bond acceptors (Lipinski definition) is 2. The Labute approximate surface area is 117 Å². The maximum Gasteiger partial charge on any atom is 0.0482 e. The van der Waals surface area contributed by atoms with Crippen LogP contribution in [-0.2, 0) is 13.1 Å². The molecule has 0 radical (unpaired) electrons. The summed E-state index contributed by atoms with van der Waals surface area (Å²) in [5.74, 6) is 0. The highest BCUT2D eigenvalue weighted by molar-refractivity contribution is 7.09. The maximum absolute atomic E-state index is 3.51. The molecule has 1 N–H and O–H groups in total. The summed E-state index contributed by atoms with van der Waals surface area (Å²) in [4.78, 5) is 1.40. The molecule has 2 nitrogen and oxygen atoms in total. The van der Waals surface area contributed by atoms with Crippen LogP contribution in [0.5, 0.6) is 0 Å². The third kappa shape index (κ3) is 2.72. The SMILES string of the molecule is Cc1cc2ccccc2n1CCNCc1cccs1. The van der Waals surface area contributed by atoms with Crippen LogP contribution in [0.3, 0.4) is 0 Å². The Morgan fingerprint density at radius 2 is 2.05 bits per heavy atom. The summed E-state index contributed by atoms with van der Waals surface area (Å²) >= 11 is 1.81. The molecule has 2 aromatic heterocycles. The molecule has 3 rings (SSSR count). The first-order valence-corrected chi connectivity index (χ1v) is 7.50. The molecule has 0 atom stereocenters. The van der Waals surface area contributed by atoms with Crippen LogP contribution in [-0.4, -0.2) is 11.1 Å². The normalized spacial score (nSPS) is 11.2. The number of benzene rings is 1. The van der Waals surface area contributed by atoms with Gasteiger partial charge in [-0.3, -0.25) is 0 Å². The quantitative estimate of drug-likeness (QED) is 0.698. The summed E-state index contributed by atoms with van der Waals surface area (Å²) in [6.45, 7) is 5.16. The molecule has 0 unspecified atom stereocenters. The second-order valence-electron chi connectivity index (χ2n) is 4.75. The fourth-order valence-corrected chi connectivity index (χ4v) is 3.14. The zero-order chi connectivity index (χ0) is 13.1. The first kappa shape index (κ1) is 12.5. The van der Waals surface area contributed by atoms with Gasteiger partial charge in [-0.1, -0.05) is 24.3 Å². The molecular formula is C16H18N2S. The minimum Gasteiger partial charge on any atom is -0.344 e. The fourth-order valence-electron chi connectivity index (χ4n) is 2.46. The topological polar surface area (TPSA) is 17.0 Å². The minimum absolute atomic E-state index is 0.968. The average Bonchev–Trinajstić information content (AvgIpc) is 3.02. The molecule has 98 valence electrons. The van der Waals surface area contributed by atoms with Crippen LogP contribution < -0.4 is 5.32 Å². The van der Waals surface area contributed by atoms with E-state index in [2.05, 4.69) is 64.7 Å². The Bertz CT molecular complexity index is 653. The van der Waals surface area contributed by atoms with Crippen LogP contribution in [0, 0.1) is 6.92 Å². The summed E-state index contributed by atoms with van der Waals surface area (Å²) in [5.41, 5.74) is 2.66. The Hall–Kier alpha value is -1.58. The zero-order valence-electron chi connectivity index (χ0n) is 11.1. The van der Waals surface area contributed by atoms with E-state index in [9.17, 15) is 0 Å². The van der Waals surface area contributed by atoms with Crippen molar-refractivity contribution in [1.82, 2.24) is 9.88 Å². The van der Waals surface area contributed by atoms with E-state index in [0.717, 1.165) is 19.6 Å². The van der Waals surface area contributed by atoms with Gasteiger partial charge in [0.15, 0.2) is 0 Å². The number of nitrogens with zero attached hydrogens (tertiary/aromatic N) is 1. The van der Waals surface area contributed by atoms with E-state index in [1.807, 2.05) is 11.3 Å². The molecule has 0 bridgehead atoms. The lowest BCUT2D eigenvalue weighted by molar-refractivity contribution is 0.605. The lowest BCUT2D eigenvalue weighted by Crippen LogP contribution is -2.19. The van der Waals surface area contributed by atoms with Gasteiger partial charge < -0.3 is 9.88 Å². The van der Waals surface area contributed by atoms with Gasteiger partial charge >= 0.3 is 0 Å². The van der Waals surface area contributed by atoms with Crippen molar-refractivity contribution in [2.45, 2.75) is 20.0 Å². The molecular weight excluding hydrogens is 252 g/mol. The van der Waals surface area contributed by atoms with E-state index in [-0.39, 0.29) is 0 Å². The largest absolute Gasteiger partial charge is 0.344 e. The molecule has 0 aliphatic carbocycles. The highest BCUT2D eigenvalue weighted by atomic mass is 32.1. The molecule has 0 saturated carbocycles. The van der Waals surface area contributed by atoms with Crippen molar-refractivity contribution in [3.05, 3.63) is 58.4 Å². The molecule has 0 spiro atoms.